The van der Waals surface area contributed by atoms with Gasteiger partial charge >= 0.3 is 5.97 Å². The number of furan rings is 1. The fourth-order valence-corrected chi connectivity index (χ4v) is 3.13. The molecule has 26 heavy (non-hydrogen) atoms. The maximum absolute atomic E-state index is 14.1. The fraction of sp³-hybridized carbons (Fsp3) is 0.267. The van der Waals surface area contributed by atoms with Crippen molar-refractivity contribution in [1.82, 2.24) is 4.72 Å². The second-order valence-electron chi connectivity index (χ2n) is 5.09. The number of rotatable bonds is 7. The standard InChI is InChI=1S/C15H14BrClFNO6S/c1-7(20)24-15-12(21)13(9-6-8(17)2-3-11(9)18)25-14(15)10(16)4-5-19-26(22)23/h2-3,6,10,19,21H,4-5H2,1H3,(H,22,23). The number of alkyl halides is 1. The van der Waals surface area contributed by atoms with Crippen molar-refractivity contribution in [3.8, 4) is 22.8 Å². The molecule has 3 N–H and O–H groups in total. The van der Waals surface area contributed by atoms with E-state index in [1.807, 2.05) is 0 Å². The van der Waals surface area contributed by atoms with Gasteiger partial charge in [-0.3, -0.25) is 9.35 Å². The molecule has 11 heteroatoms. The molecule has 142 valence electrons. The monoisotopic (exact) mass is 469 g/mol. The van der Waals surface area contributed by atoms with Gasteiger partial charge in [-0.15, -0.1) is 0 Å². The van der Waals surface area contributed by atoms with E-state index in [9.17, 15) is 18.5 Å². The van der Waals surface area contributed by atoms with Gasteiger partial charge in [0.05, 0.1) is 10.4 Å². The fourth-order valence-electron chi connectivity index (χ4n) is 2.13. The Morgan fingerprint density at radius 2 is 2.23 bits per heavy atom. The van der Waals surface area contributed by atoms with E-state index in [-0.39, 0.29) is 40.8 Å². The maximum Gasteiger partial charge on any atom is 0.308 e. The number of esters is 1. The largest absolute Gasteiger partial charge is 0.502 e. The van der Waals surface area contributed by atoms with Gasteiger partial charge in [0.25, 0.3) is 0 Å². The van der Waals surface area contributed by atoms with Crippen molar-refractivity contribution < 1.29 is 32.2 Å². The summed E-state index contributed by atoms with van der Waals surface area (Å²) < 4.78 is 46.3. The Kier molecular flexibility index (Phi) is 7.18. The number of halogens is 3. The van der Waals surface area contributed by atoms with Crippen molar-refractivity contribution in [2.45, 2.75) is 18.2 Å². The topological polar surface area (TPSA) is 109 Å². The third kappa shape index (κ3) is 5.04. The van der Waals surface area contributed by atoms with Crippen LogP contribution < -0.4 is 9.46 Å². The van der Waals surface area contributed by atoms with Gasteiger partial charge in [0.15, 0.2) is 11.5 Å². The molecule has 1 aromatic heterocycles. The van der Waals surface area contributed by atoms with Crippen LogP contribution in [0.25, 0.3) is 11.3 Å². The van der Waals surface area contributed by atoms with E-state index in [1.54, 1.807) is 0 Å². The van der Waals surface area contributed by atoms with E-state index >= 15 is 0 Å². The van der Waals surface area contributed by atoms with Crippen LogP contribution in [-0.2, 0) is 16.1 Å². The summed E-state index contributed by atoms with van der Waals surface area (Å²) in [6, 6.07) is 3.70. The third-order valence-corrected chi connectivity index (χ3v) is 4.75. The van der Waals surface area contributed by atoms with Gasteiger partial charge in [-0.25, -0.2) is 13.3 Å². The van der Waals surface area contributed by atoms with Gasteiger partial charge in [-0.2, -0.15) is 0 Å². The highest BCUT2D eigenvalue weighted by atomic mass is 79.9. The van der Waals surface area contributed by atoms with Crippen LogP contribution in [0.15, 0.2) is 22.6 Å². The van der Waals surface area contributed by atoms with Crippen LogP contribution in [0, 0.1) is 5.82 Å². The zero-order chi connectivity index (χ0) is 19.4. The second-order valence-corrected chi connectivity index (χ2v) is 7.42. The Balaban J connectivity index is 2.45. The van der Waals surface area contributed by atoms with Crippen LogP contribution in [0.5, 0.6) is 11.5 Å². The number of benzene rings is 1. The lowest BCUT2D eigenvalue weighted by Crippen LogP contribution is -2.18. The molecular formula is C15H14BrClFNO6S. The highest BCUT2D eigenvalue weighted by Gasteiger charge is 2.29. The highest BCUT2D eigenvalue weighted by molar-refractivity contribution is 9.09. The Labute approximate surface area is 164 Å². The number of carbonyl (C=O) groups is 1. The molecule has 0 spiro atoms. The molecule has 0 aliphatic rings. The lowest BCUT2D eigenvalue weighted by atomic mass is 10.1. The van der Waals surface area contributed by atoms with Crippen molar-refractivity contribution in [3.63, 3.8) is 0 Å². The van der Waals surface area contributed by atoms with Crippen molar-refractivity contribution in [3.05, 3.63) is 34.8 Å². The Morgan fingerprint density at radius 3 is 2.85 bits per heavy atom. The molecule has 0 aliphatic carbocycles. The van der Waals surface area contributed by atoms with Gasteiger partial charge in [-0.1, -0.05) is 27.5 Å². The summed E-state index contributed by atoms with van der Waals surface area (Å²) in [5.74, 6) is -2.45. The van der Waals surface area contributed by atoms with Gasteiger partial charge in [0, 0.05) is 18.5 Å². The SMILES string of the molecule is CC(=O)Oc1c(C(Br)CCNS(=O)O)oc(-c2cc(Cl)ccc2F)c1O. The van der Waals surface area contributed by atoms with E-state index in [0.717, 1.165) is 13.0 Å². The number of hydrogen-bond donors (Lipinski definition) is 3. The molecule has 2 atom stereocenters. The Bertz CT molecular complexity index is 846. The molecule has 2 rings (SSSR count). The minimum Gasteiger partial charge on any atom is -0.502 e. The molecule has 1 aromatic carbocycles. The van der Waals surface area contributed by atoms with Crippen molar-refractivity contribution in [2.75, 3.05) is 6.54 Å². The summed E-state index contributed by atoms with van der Waals surface area (Å²) in [5, 5.41) is 10.6. The molecule has 0 saturated heterocycles. The van der Waals surface area contributed by atoms with Gasteiger partial charge in [0.1, 0.15) is 5.82 Å². The highest BCUT2D eigenvalue weighted by Crippen LogP contribution is 2.48. The molecule has 0 aliphatic heterocycles. The molecule has 0 amide bonds. The average molecular weight is 471 g/mol. The van der Waals surface area contributed by atoms with Crippen LogP contribution in [-0.4, -0.2) is 26.4 Å². The number of aromatic hydroxyl groups is 1. The first-order valence-electron chi connectivity index (χ1n) is 7.18. The summed E-state index contributed by atoms with van der Waals surface area (Å²) in [6.45, 7) is 1.25. The van der Waals surface area contributed by atoms with E-state index in [0.29, 0.717) is 0 Å². The minimum absolute atomic E-state index is 0.0256. The first-order chi connectivity index (χ1) is 12.2. The lowest BCUT2D eigenvalue weighted by Gasteiger charge is -2.08. The maximum atomic E-state index is 14.1. The van der Waals surface area contributed by atoms with Gasteiger partial charge < -0.3 is 14.3 Å². The first kappa shape index (κ1) is 20.8. The van der Waals surface area contributed by atoms with Crippen molar-refractivity contribution in [1.29, 1.82) is 0 Å². The van der Waals surface area contributed by atoms with E-state index in [4.69, 9.17) is 25.3 Å². The quantitative estimate of drug-likeness (QED) is 0.321. The van der Waals surface area contributed by atoms with Crippen LogP contribution >= 0.6 is 27.5 Å². The van der Waals surface area contributed by atoms with Gasteiger partial charge in [-0.05, 0) is 24.6 Å². The molecule has 0 bridgehead atoms. The number of hydrogen-bond acceptors (Lipinski definition) is 5. The summed E-state index contributed by atoms with van der Waals surface area (Å²) in [5.41, 5.74) is -0.107. The Morgan fingerprint density at radius 1 is 1.54 bits per heavy atom. The van der Waals surface area contributed by atoms with Crippen LogP contribution in [0.2, 0.25) is 5.02 Å². The van der Waals surface area contributed by atoms with E-state index in [1.165, 1.54) is 12.1 Å². The smallest absolute Gasteiger partial charge is 0.308 e. The van der Waals surface area contributed by atoms with E-state index in [2.05, 4.69) is 20.7 Å². The molecule has 7 nitrogen and oxygen atoms in total. The molecule has 0 saturated carbocycles. The van der Waals surface area contributed by atoms with Gasteiger partial charge in [0.2, 0.25) is 22.8 Å². The molecular weight excluding hydrogens is 457 g/mol. The summed E-state index contributed by atoms with van der Waals surface area (Å²) in [6.07, 6.45) is 0.241. The van der Waals surface area contributed by atoms with Crippen LogP contribution in [0.4, 0.5) is 4.39 Å². The molecule has 1 heterocycles. The Hall–Kier alpha value is -1.46. The minimum atomic E-state index is -2.19. The third-order valence-electron chi connectivity index (χ3n) is 3.19. The number of nitrogens with one attached hydrogen (secondary N) is 1. The molecule has 2 unspecified atom stereocenters. The van der Waals surface area contributed by atoms with E-state index < -0.39 is 33.6 Å². The van der Waals surface area contributed by atoms with Crippen LogP contribution in [0.3, 0.4) is 0 Å². The van der Waals surface area contributed by atoms with Crippen molar-refractivity contribution >= 4 is 44.8 Å². The zero-order valence-electron chi connectivity index (χ0n) is 13.3. The summed E-state index contributed by atoms with van der Waals surface area (Å²) in [4.78, 5) is 10.7. The molecule has 0 fully saturated rings. The number of carbonyl (C=O) groups excluding carboxylic acids is 1. The predicted molar refractivity (Wildman–Crippen MR) is 97.1 cm³/mol. The average Bonchev–Trinajstić information content (AvgIpc) is 2.86. The van der Waals surface area contributed by atoms with Crippen LogP contribution in [0.1, 0.15) is 23.9 Å². The van der Waals surface area contributed by atoms with Crippen molar-refractivity contribution in [2.24, 2.45) is 0 Å². The zero-order valence-corrected chi connectivity index (χ0v) is 16.5. The second kappa shape index (κ2) is 8.96. The normalized spacial score (nSPS) is 13.4. The number of ether oxygens (including phenoxy) is 1. The molecule has 2 aromatic rings. The lowest BCUT2D eigenvalue weighted by molar-refractivity contribution is -0.132. The summed E-state index contributed by atoms with van der Waals surface area (Å²) in [7, 11) is 0. The molecule has 0 radical (unpaired) electrons. The summed E-state index contributed by atoms with van der Waals surface area (Å²) >= 11 is 6.97. The first-order valence-corrected chi connectivity index (χ1v) is 9.58. The predicted octanol–water partition coefficient (Wildman–Crippen LogP) is 3.92.